The normalized spacial score (nSPS) is 15.6. The molecule has 1 N–H and O–H groups in total. The van der Waals surface area contributed by atoms with Crippen molar-refractivity contribution in [3.63, 3.8) is 0 Å². The highest BCUT2D eigenvalue weighted by Crippen LogP contribution is 2.37. The first kappa shape index (κ1) is 21.4. The number of anilines is 2. The van der Waals surface area contributed by atoms with Gasteiger partial charge in [0.25, 0.3) is 15.9 Å². The number of halogens is 1. The molecule has 5 nitrogen and oxygen atoms in total. The largest absolute Gasteiger partial charge is 0.322 e. The van der Waals surface area contributed by atoms with E-state index in [-0.39, 0.29) is 16.8 Å². The molecule has 0 fully saturated rings. The summed E-state index contributed by atoms with van der Waals surface area (Å²) < 4.78 is 28.0. The van der Waals surface area contributed by atoms with E-state index >= 15 is 0 Å². The Morgan fingerprint density at radius 2 is 1.77 bits per heavy atom. The lowest BCUT2D eigenvalue weighted by Crippen LogP contribution is -2.35. The molecule has 160 valence electrons. The molecule has 7 heteroatoms. The van der Waals surface area contributed by atoms with Gasteiger partial charge in [-0.25, -0.2) is 8.42 Å². The molecule has 31 heavy (non-hydrogen) atoms. The molecule has 1 aliphatic rings. The highest BCUT2D eigenvalue weighted by Gasteiger charge is 2.36. The predicted octanol–water partition coefficient (Wildman–Crippen LogP) is 5.35. The standard InChI is InChI=1S/C24H23ClN2O3S/c1-15-7-10-20(11-8-15)31(29,30)27-16(2)13-19-14-18(9-12-23(19)27)24(28)26-22-6-4-5-21(25)17(22)3/h4-12,14,16H,13H2,1-3H3,(H,26,28)/t16-/m0/s1. The van der Waals surface area contributed by atoms with Crippen molar-refractivity contribution in [2.75, 3.05) is 9.62 Å². The monoisotopic (exact) mass is 454 g/mol. The summed E-state index contributed by atoms with van der Waals surface area (Å²) in [5, 5.41) is 3.47. The van der Waals surface area contributed by atoms with Crippen molar-refractivity contribution in [3.05, 3.63) is 87.9 Å². The quantitative estimate of drug-likeness (QED) is 0.577. The molecule has 1 amide bonds. The van der Waals surface area contributed by atoms with Crippen LogP contribution in [-0.2, 0) is 16.4 Å². The smallest absolute Gasteiger partial charge is 0.264 e. The summed E-state index contributed by atoms with van der Waals surface area (Å²) in [7, 11) is -3.69. The van der Waals surface area contributed by atoms with Gasteiger partial charge in [0, 0.05) is 22.3 Å². The first-order valence-corrected chi connectivity index (χ1v) is 11.8. The molecule has 0 bridgehead atoms. The number of hydrogen-bond acceptors (Lipinski definition) is 3. The molecule has 0 spiro atoms. The zero-order valence-electron chi connectivity index (χ0n) is 17.5. The van der Waals surface area contributed by atoms with Gasteiger partial charge in [0.2, 0.25) is 0 Å². The van der Waals surface area contributed by atoms with Crippen LogP contribution in [0.1, 0.15) is 34.0 Å². The average Bonchev–Trinajstić information content (AvgIpc) is 3.07. The van der Waals surface area contributed by atoms with Gasteiger partial charge in [-0.2, -0.15) is 0 Å². The Hall–Kier alpha value is -2.83. The van der Waals surface area contributed by atoms with E-state index in [0.717, 1.165) is 16.7 Å². The first-order chi connectivity index (χ1) is 14.7. The van der Waals surface area contributed by atoms with Crippen molar-refractivity contribution < 1.29 is 13.2 Å². The molecule has 0 radical (unpaired) electrons. The molecular formula is C24H23ClN2O3S. The van der Waals surface area contributed by atoms with Crippen LogP contribution in [0.4, 0.5) is 11.4 Å². The van der Waals surface area contributed by atoms with Gasteiger partial charge in [-0.3, -0.25) is 9.10 Å². The SMILES string of the molecule is Cc1ccc(S(=O)(=O)N2c3ccc(C(=O)Nc4cccc(Cl)c4C)cc3C[C@@H]2C)cc1. The fraction of sp³-hybridized carbons (Fsp3) is 0.208. The Kier molecular flexibility index (Phi) is 5.54. The third-order valence-electron chi connectivity index (χ3n) is 5.59. The van der Waals surface area contributed by atoms with Crippen LogP contribution in [0.5, 0.6) is 0 Å². The number of hydrogen-bond donors (Lipinski definition) is 1. The first-order valence-electron chi connectivity index (χ1n) is 9.99. The van der Waals surface area contributed by atoms with Crippen LogP contribution in [0.25, 0.3) is 0 Å². The van der Waals surface area contributed by atoms with Crippen molar-refractivity contribution in [1.82, 2.24) is 0 Å². The van der Waals surface area contributed by atoms with Gasteiger partial charge < -0.3 is 5.32 Å². The minimum Gasteiger partial charge on any atom is -0.322 e. The molecule has 1 atom stereocenters. The maximum atomic E-state index is 13.3. The van der Waals surface area contributed by atoms with Gasteiger partial charge in [0.1, 0.15) is 0 Å². The van der Waals surface area contributed by atoms with Crippen molar-refractivity contribution in [3.8, 4) is 0 Å². The molecule has 3 aromatic carbocycles. The summed E-state index contributed by atoms with van der Waals surface area (Å²) in [6.45, 7) is 5.64. The molecule has 0 aliphatic carbocycles. The Morgan fingerprint density at radius 1 is 1.06 bits per heavy atom. The van der Waals surface area contributed by atoms with Gasteiger partial charge in [-0.1, -0.05) is 35.4 Å². The van der Waals surface area contributed by atoms with Gasteiger partial charge in [-0.05, 0) is 80.8 Å². The Labute approximate surface area is 187 Å². The Balaban J connectivity index is 1.64. The highest BCUT2D eigenvalue weighted by atomic mass is 35.5. The van der Waals surface area contributed by atoms with Crippen LogP contribution in [-0.4, -0.2) is 20.4 Å². The lowest BCUT2D eigenvalue weighted by molar-refractivity contribution is 0.102. The van der Waals surface area contributed by atoms with E-state index in [1.165, 1.54) is 4.31 Å². The third kappa shape index (κ3) is 3.93. The molecule has 4 rings (SSSR count). The summed E-state index contributed by atoms with van der Waals surface area (Å²) in [4.78, 5) is 13.1. The van der Waals surface area contributed by atoms with Crippen LogP contribution < -0.4 is 9.62 Å². The van der Waals surface area contributed by atoms with E-state index in [2.05, 4.69) is 5.32 Å². The summed E-state index contributed by atoms with van der Waals surface area (Å²) in [5.74, 6) is -0.263. The van der Waals surface area contributed by atoms with Gasteiger partial charge in [0.15, 0.2) is 0 Å². The average molecular weight is 455 g/mol. The zero-order valence-corrected chi connectivity index (χ0v) is 19.1. The van der Waals surface area contributed by atoms with Crippen LogP contribution in [0.2, 0.25) is 5.02 Å². The van der Waals surface area contributed by atoms with Crippen molar-refractivity contribution in [2.24, 2.45) is 0 Å². The van der Waals surface area contributed by atoms with E-state index in [0.29, 0.717) is 28.4 Å². The number of benzene rings is 3. The van der Waals surface area contributed by atoms with Gasteiger partial charge >= 0.3 is 0 Å². The second-order valence-corrected chi connectivity index (χ2v) is 10.1. The van der Waals surface area contributed by atoms with E-state index in [4.69, 9.17) is 11.6 Å². The van der Waals surface area contributed by atoms with Crippen LogP contribution in [0.3, 0.4) is 0 Å². The molecule has 0 aromatic heterocycles. The second-order valence-electron chi connectivity index (χ2n) is 7.88. The lowest BCUT2D eigenvalue weighted by atomic mass is 10.1. The third-order valence-corrected chi connectivity index (χ3v) is 7.94. The van der Waals surface area contributed by atoms with Crippen LogP contribution in [0.15, 0.2) is 65.6 Å². The molecule has 0 unspecified atom stereocenters. The number of aryl methyl sites for hydroxylation is 1. The van der Waals surface area contributed by atoms with E-state index in [9.17, 15) is 13.2 Å². The van der Waals surface area contributed by atoms with E-state index in [1.54, 1.807) is 60.7 Å². The van der Waals surface area contributed by atoms with E-state index < -0.39 is 10.0 Å². The minimum atomic E-state index is -3.69. The molecule has 1 heterocycles. The number of rotatable bonds is 4. The summed E-state index contributed by atoms with van der Waals surface area (Å²) in [6.07, 6.45) is 0.539. The number of amides is 1. The molecular weight excluding hydrogens is 432 g/mol. The lowest BCUT2D eigenvalue weighted by Gasteiger charge is -2.24. The number of sulfonamides is 1. The van der Waals surface area contributed by atoms with Crippen molar-refractivity contribution >= 4 is 38.9 Å². The summed E-state index contributed by atoms with van der Waals surface area (Å²) in [5.41, 5.74) is 4.36. The fourth-order valence-corrected chi connectivity index (χ4v) is 5.74. The van der Waals surface area contributed by atoms with Crippen LogP contribution in [0, 0.1) is 13.8 Å². The Bertz CT molecular complexity index is 1270. The topological polar surface area (TPSA) is 66.5 Å². The van der Waals surface area contributed by atoms with Crippen LogP contribution >= 0.6 is 11.6 Å². The predicted molar refractivity (Wildman–Crippen MR) is 125 cm³/mol. The van der Waals surface area contributed by atoms with Crippen molar-refractivity contribution in [1.29, 1.82) is 0 Å². The number of carbonyl (C=O) groups is 1. The number of nitrogens with zero attached hydrogens (tertiary/aromatic N) is 1. The van der Waals surface area contributed by atoms with E-state index in [1.807, 2.05) is 20.8 Å². The number of nitrogens with one attached hydrogen (secondary N) is 1. The van der Waals surface area contributed by atoms with Gasteiger partial charge in [-0.15, -0.1) is 0 Å². The number of fused-ring (bicyclic) bond motifs is 1. The highest BCUT2D eigenvalue weighted by molar-refractivity contribution is 7.92. The number of carbonyl (C=O) groups excluding carboxylic acids is 1. The molecule has 0 saturated carbocycles. The molecule has 1 aliphatic heterocycles. The molecule has 3 aromatic rings. The minimum absolute atomic E-state index is 0.241. The second kappa shape index (κ2) is 8.02. The summed E-state index contributed by atoms with van der Waals surface area (Å²) in [6, 6.07) is 17.1. The van der Waals surface area contributed by atoms with Crippen molar-refractivity contribution in [2.45, 2.75) is 38.1 Å². The maximum absolute atomic E-state index is 13.3. The summed E-state index contributed by atoms with van der Waals surface area (Å²) >= 11 is 6.14. The Morgan fingerprint density at radius 3 is 2.48 bits per heavy atom. The van der Waals surface area contributed by atoms with Gasteiger partial charge in [0.05, 0.1) is 10.6 Å². The molecule has 0 saturated heterocycles. The zero-order chi connectivity index (χ0) is 22.3. The fourth-order valence-electron chi connectivity index (χ4n) is 3.87. The maximum Gasteiger partial charge on any atom is 0.264 e.